The number of pyridine rings is 1. The fourth-order valence-corrected chi connectivity index (χ4v) is 4.39. The molecule has 3 aromatic carbocycles. The van der Waals surface area contributed by atoms with E-state index >= 15 is 0 Å². The number of ketones is 1. The molecule has 0 spiro atoms. The highest BCUT2D eigenvalue weighted by Crippen LogP contribution is 2.32. The van der Waals surface area contributed by atoms with E-state index in [2.05, 4.69) is 4.98 Å². The van der Waals surface area contributed by atoms with Gasteiger partial charge in [0.05, 0.1) is 13.0 Å². The fraction of sp³-hybridized carbons (Fsp3) is 0.273. The number of Topliss-reactive ketones (excluding diaryl/α,β-unsaturated/α-hetero) is 1. The Balaban J connectivity index is 1.49. The van der Waals surface area contributed by atoms with Crippen LogP contribution < -0.4 is 14.2 Å². The van der Waals surface area contributed by atoms with Crippen LogP contribution in [-0.4, -0.2) is 42.7 Å². The third-order valence-corrected chi connectivity index (χ3v) is 6.55. The van der Waals surface area contributed by atoms with Crippen LogP contribution in [0.25, 0.3) is 10.8 Å². The first-order valence-corrected chi connectivity index (χ1v) is 13.5. The summed E-state index contributed by atoms with van der Waals surface area (Å²) in [7, 11) is 1.41. The minimum Gasteiger partial charge on any atom is -0.493 e. The summed E-state index contributed by atoms with van der Waals surface area (Å²) >= 11 is 0. The Morgan fingerprint density at radius 2 is 1.60 bits per heavy atom. The molecule has 9 nitrogen and oxygen atoms in total. The van der Waals surface area contributed by atoms with Gasteiger partial charge in [-0.2, -0.15) is 0 Å². The second-order valence-corrected chi connectivity index (χ2v) is 9.72. The summed E-state index contributed by atoms with van der Waals surface area (Å²) in [5.41, 5.74) is 0.799. The first kappa shape index (κ1) is 30.0. The van der Waals surface area contributed by atoms with Crippen molar-refractivity contribution < 1.29 is 38.1 Å². The number of fused-ring (bicyclic) bond motifs is 1. The largest absolute Gasteiger partial charge is 0.493 e. The summed E-state index contributed by atoms with van der Waals surface area (Å²) < 4.78 is 27.8. The fourth-order valence-electron chi connectivity index (χ4n) is 4.39. The van der Waals surface area contributed by atoms with Gasteiger partial charge in [-0.15, -0.1) is 0 Å². The van der Waals surface area contributed by atoms with E-state index in [9.17, 15) is 14.4 Å². The Hall–Kier alpha value is -4.92. The van der Waals surface area contributed by atoms with Crippen molar-refractivity contribution in [3.05, 3.63) is 96.3 Å². The van der Waals surface area contributed by atoms with Crippen LogP contribution in [0, 0.1) is 5.92 Å². The molecule has 0 saturated carbocycles. The summed E-state index contributed by atoms with van der Waals surface area (Å²) in [6.45, 7) is 4.18. The third kappa shape index (κ3) is 7.63. The molecule has 218 valence electrons. The number of hydrogen-bond donors (Lipinski definition) is 0. The molecule has 4 aromatic rings. The molecule has 0 amide bonds. The highest BCUT2D eigenvalue weighted by Gasteiger charge is 2.30. The monoisotopic (exact) mass is 571 g/mol. The van der Waals surface area contributed by atoms with Crippen molar-refractivity contribution in [3.8, 4) is 17.2 Å². The van der Waals surface area contributed by atoms with Crippen LogP contribution in [-0.2, 0) is 19.1 Å². The number of carbonyl (C=O) groups excluding carboxylic acids is 3. The highest BCUT2D eigenvalue weighted by molar-refractivity contribution is 5.99. The van der Waals surface area contributed by atoms with Crippen molar-refractivity contribution >= 4 is 28.5 Å². The van der Waals surface area contributed by atoms with E-state index < -0.39 is 42.6 Å². The number of nitrogens with zero attached hydrogens (tertiary/aromatic N) is 1. The topological polar surface area (TPSA) is 110 Å². The van der Waals surface area contributed by atoms with Crippen LogP contribution in [0.15, 0.2) is 85.1 Å². The average Bonchev–Trinajstić information content (AvgIpc) is 2.99. The molecule has 9 heteroatoms. The first-order chi connectivity index (χ1) is 20.3. The van der Waals surface area contributed by atoms with Gasteiger partial charge in [-0.25, -0.2) is 4.98 Å². The SMILES string of the molecule is COc1ccnc(C(=O)C[C@@H](C)C(=O)O[C@@H](C)[C@H](Oc2ccccc2)c2ccc3ccccc3c2)c1OCOC(C)=O. The molecular formula is C33H33NO8. The summed E-state index contributed by atoms with van der Waals surface area (Å²) in [6, 6.07) is 24.8. The number of methoxy groups -OCH3 is 1. The molecule has 0 aliphatic heterocycles. The number of aromatic nitrogens is 1. The smallest absolute Gasteiger partial charge is 0.309 e. The molecule has 0 bridgehead atoms. The number of carbonyl (C=O) groups is 3. The molecule has 1 heterocycles. The van der Waals surface area contributed by atoms with Gasteiger partial charge in [-0.1, -0.05) is 61.5 Å². The lowest BCUT2D eigenvalue weighted by atomic mass is 9.99. The van der Waals surface area contributed by atoms with E-state index in [-0.39, 0.29) is 23.6 Å². The van der Waals surface area contributed by atoms with E-state index in [1.165, 1.54) is 26.3 Å². The van der Waals surface area contributed by atoms with Gasteiger partial charge in [-0.05, 0) is 41.5 Å². The second kappa shape index (κ2) is 14.1. The molecule has 0 N–H and O–H groups in total. The normalized spacial score (nSPS) is 13.0. The summed E-state index contributed by atoms with van der Waals surface area (Å²) in [5, 5.41) is 2.12. The molecular weight excluding hydrogens is 538 g/mol. The molecule has 3 atom stereocenters. The van der Waals surface area contributed by atoms with Crippen LogP contribution in [0.3, 0.4) is 0 Å². The third-order valence-electron chi connectivity index (χ3n) is 6.55. The standard InChI is InChI=1S/C33H33NO8/c1-21(18-28(36)30-32(40-20-39-23(3)35)29(38-4)16-17-34-30)33(37)41-22(2)31(42-27-12-6-5-7-13-27)26-15-14-24-10-8-9-11-25(24)19-26/h5-17,19,21-22,31H,18,20H2,1-4H3/t21-,22+,31+/m1/s1. The van der Waals surface area contributed by atoms with E-state index in [1.807, 2.05) is 72.8 Å². The molecule has 0 aliphatic carbocycles. The van der Waals surface area contributed by atoms with Gasteiger partial charge in [0.15, 0.2) is 29.1 Å². The van der Waals surface area contributed by atoms with Crippen LogP contribution in [0.5, 0.6) is 17.2 Å². The van der Waals surface area contributed by atoms with Crippen molar-refractivity contribution in [3.63, 3.8) is 0 Å². The Morgan fingerprint density at radius 1 is 0.881 bits per heavy atom. The molecule has 0 aliphatic rings. The average molecular weight is 572 g/mol. The lowest BCUT2D eigenvalue weighted by Gasteiger charge is -2.27. The number of esters is 2. The minimum atomic E-state index is -0.803. The molecule has 1 aromatic heterocycles. The zero-order valence-corrected chi connectivity index (χ0v) is 23.9. The van der Waals surface area contributed by atoms with Gasteiger partial charge < -0.3 is 23.7 Å². The predicted octanol–water partition coefficient (Wildman–Crippen LogP) is 6.10. The van der Waals surface area contributed by atoms with Gasteiger partial charge in [0.1, 0.15) is 11.9 Å². The number of benzene rings is 3. The van der Waals surface area contributed by atoms with Crippen molar-refractivity contribution in [1.82, 2.24) is 4.98 Å². The number of hydrogen-bond acceptors (Lipinski definition) is 9. The summed E-state index contributed by atoms with van der Waals surface area (Å²) in [6.07, 6.45) is -0.0973. The quantitative estimate of drug-likeness (QED) is 0.107. The Morgan fingerprint density at radius 3 is 2.31 bits per heavy atom. The maximum absolute atomic E-state index is 13.2. The van der Waals surface area contributed by atoms with Crippen LogP contribution in [0.4, 0.5) is 0 Å². The number of para-hydroxylation sites is 1. The van der Waals surface area contributed by atoms with Crippen LogP contribution in [0.2, 0.25) is 0 Å². The Labute approximate surface area is 244 Å². The second-order valence-electron chi connectivity index (χ2n) is 9.72. The maximum atomic E-state index is 13.2. The zero-order valence-electron chi connectivity index (χ0n) is 23.9. The Bertz CT molecular complexity index is 1540. The van der Waals surface area contributed by atoms with Crippen molar-refractivity contribution in [2.45, 2.75) is 39.4 Å². The van der Waals surface area contributed by atoms with Gasteiger partial charge in [0.2, 0.25) is 6.79 Å². The molecule has 0 fully saturated rings. The molecule has 0 unspecified atom stereocenters. The Kier molecular flexibility index (Phi) is 10.1. The lowest BCUT2D eigenvalue weighted by molar-refractivity contribution is -0.157. The molecule has 0 radical (unpaired) electrons. The summed E-state index contributed by atoms with van der Waals surface area (Å²) in [4.78, 5) is 41.7. The van der Waals surface area contributed by atoms with E-state index in [0.29, 0.717) is 5.75 Å². The van der Waals surface area contributed by atoms with Gasteiger partial charge in [0, 0.05) is 25.6 Å². The van der Waals surface area contributed by atoms with E-state index in [0.717, 1.165) is 16.3 Å². The van der Waals surface area contributed by atoms with Crippen LogP contribution in [0.1, 0.15) is 49.3 Å². The minimum absolute atomic E-state index is 0.0211. The van der Waals surface area contributed by atoms with E-state index in [1.54, 1.807) is 13.8 Å². The van der Waals surface area contributed by atoms with Gasteiger partial charge in [-0.3, -0.25) is 14.4 Å². The van der Waals surface area contributed by atoms with E-state index in [4.69, 9.17) is 23.7 Å². The molecule has 0 saturated heterocycles. The molecule has 42 heavy (non-hydrogen) atoms. The number of rotatable bonds is 13. The highest BCUT2D eigenvalue weighted by atomic mass is 16.7. The van der Waals surface area contributed by atoms with Crippen molar-refractivity contribution in [2.24, 2.45) is 5.92 Å². The predicted molar refractivity (Wildman–Crippen MR) is 155 cm³/mol. The molecule has 4 rings (SSSR count). The number of ether oxygens (including phenoxy) is 5. The van der Waals surface area contributed by atoms with Crippen molar-refractivity contribution in [1.29, 1.82) is 0 Å². The lowest BCUT2D eigenvalue weighted by Crippen LogP contribution is -2.30. The maximum Gasteiger partial charge on any atom is 0.309 e. The van der Waals surface area contributed by atoms with Crippen molar-refractivity contribution in [2.75, 3.05) is 13.9 Å². The van der Waals surface area contributed by atoms with Gasteiger partial charge in [0.25, 0.3) is 0 Å². The summed E-state index contributed by atoms with van der Waals surface area (Å²) in [5.74, 6) is -1.49. The van der Waals surface area contributed by atoms with Crippen LogP contribution >= 0.6 is 0 Å². The zero-order chi connectivity index (χ0) is 30.1. The van der Waals surface area contributed by atoms with Gasteiger partial charge >= 0.3 is 11.9 Å². The first-order valence-electron chi connectivity index (χ1n) is 13.5.